The average molecular weight is 200 g/mol. The first-order chi connectivity index (χ1) is 6.43. The SMILES string of the molecule is CC(C)OCC(O)C1CCCC1(C)C. The molecule has 0 aromatic carbocycles. The van der Waals surface area contributed by atoms with Gasteiger partial charge in [0.25, 0.3) is 0 Å². The van der Waals surface area contributed by atoms with E-state index in [2.05, 4.69) is 13.8 Å². The second-order valence-electron chi connectivity index (χ2n) is 5.44. The van der Waals surface area contributed by atoms with Gasteiger partial charge in [0.1, 0.15) is 0 Å². The Hall–Kier alpha value is -0.0800. The predicted octanol–water partition coefficient (Wildman–Crippen LogP) is 2.60. The van der Waals surface area contributed by atoms with Gasteiger partial charge in [0.15, 0.2) is 0 Å². The molecule has 0 aromatic heterocycles. The molecule has 1 saturated carbocycles. The molecule has 2 heteroatoms. The fourth-order valence-electron chi connectivity index (χ4n) is 2.47. The molecule has 0 spiro atoms. The van der Waals surface area contributed by atoms with E-state index in [9.17, 15) is 5.11 Å². The van der Waals surface area contributed by atoms with Crippen molar-refractivity contribution in [1.82, 2.24) is 0 Å². The molecule has 2 nitrogen and oxygen atoms in total. The molecule has 0 aromatic rings. The summed E-state index contributed by atoms with van der Waals surface area (Å²) in [4.78, 5) is 0. The predicted molar refractivity (Wildman–Crippen MR) is 58.2 cm³/mol. The Morgan fingerprint density at radius 1 is 1.43 bits per heavy atom. The molecule has 0 amide bonds. The molecular formula is C12H24O2. The first-order valence-corrected chi connectivity index (χ1v) is 5.73. The molecule has 0 bridgehead atoms. The molecule has 1 aliphatic rings. The maximum Gasteiger partial charge on any atom is 0.0806 e. The summed E-state index contributed by atoms with van der Waals surface area (Å²) in [5.74, 6) is 0.418. The summed E-state index contributed by atoms with van der Waals surface area (Å²) in [6.07, 6.45) is 3.56. The van der Waals surface area contributed by atoms with Crippen LogP contribution in [0, 0.1) is 11.3 Å². The van der Waals surface area contributed by atoms with Gasteiger partial charge in [-0.1, -0.05) is 20.3 Å². The minimum atomic E-state index is -0.283. The van der Waals surface area contributed by atoms with Crippen molar-refractivity contribution < 1.29 is 9.84 Å². The van der Waals surface area contributed by atoms with Gasteiger partial charge in [-0.05, 0) is 38.0 Å². The third-order valence-corrected chi connectivity index (χ3v) is 3.40. The Morgan fingerprint density at radius 3 is 2.50 bits per heavy atom. The largest absolute Gasteiger partial charge is 0.390 e. The quantitative estimate of drug-likeness (QED) is 0.756. The third kappa shape index (κ3) is 2.96. The Balaban J connectivity index is 2.40. The molecule has 0 heterocycles. The summed E-state index contributed by atoms with van der Waals surface area (Å²) in [6, 6.07) is 0. The van der Waals surface area contributed by atoms with Crippen molar-refractivity contribution in [2.24, 2.45) is 11.3 Å². The van der Waals surface area contributed by atoms with E-state index >= 15 is 0 Å². The van der Waals surface area contributed by atoms with Gasteiger partial charge in [0.05, 0.1) is 18.8 Å². The normalized spacial score (nSPS) is 28.3. The van der Waals surface area contributed by atoms with Crippen LogP contribution in [0.2, 0.25) is 0 Å². The second kappa shape index (κ2) is 4.63. The van der Waals surface area contributed by atoms with Crippen molar-refractivity contribution in [3.05, 3.63) is 0 Å². The standard InChI is InChI=1S/C12H24O2/c1-9(2)14-8-11(13)10-6-5-7-12(10,3)4/h9-11,13H,5-8H2,1-4H3. The highest BCUT2D eigenvalue weighted by Gasteiger charge is 2.38. The van der Waals surface area contributed by atoms with Crippen LogP contribution < -0.4 is 0 Å². The molecule has 1 aliphatic carbocycles. The first-order valence-electron chi connectivity index (χ1n) is 5.73. The fraction of sp³-hybridized carbons (Fsp3) is 1.00. The van der Waals surface area contributed by atoms with Crippen molar-refractivity contribution in [2.45, 2.75) is 59.2 Å². The van der Waals surface area contributed by atoms with Crippen molar-refractivity contribution in [3.8, 4) is 0 Å². The number of rotatable bonds is 4. The lowest BCUT2D eigenvalue weighted by Crippen LogP contribution is -2.33. The molecule has 0 saturated heterocycles. The van der Waals surface area contributed by atoms with Gasteiger partial charge in [0.2, 0.25) is 0 Å². The molecule has 1 rings (SSSR count). The van der Waals surface area contributed by atoms with Crippen LogP contribution in [0.15, 0.2) is 0 Å². The molecule has 0 aliphatic heterocycles. The molecule has 84 valence electrons. The van der Waals surface area contributed by atoms with Crippen LogP contribution in [0.4, 0.5) is 0 Å². The number of hydrogen-bond donors (Lipinski definition) is 1. The highest BCUT2D eigenvalue weighted by molar-refractivity contribution is 4.88. The van der Waals surface area contributed by atoms with Crippen LogP contribution in [0.5, 0.6) is 0 Å². The Kier molecular flexibility index (Phi) is 3.96. The molecule has 0 radical (unpaired) electrons. The van der Waals surface area contributed by atoms with Crippen molar-refractivity contribution >= 4 is 0 Å². The molecule has 2 unspecified atom stereocenters. The lowest BCUT2D eigenvalue weighted by atomic mass is 9.79. The van der Waals surface area contributed by atoms with Gasteiger partial charge in [0, 0.05) is 0 Å². The van der Waals surface area contributed by atoms with E-state index in [4.69, 9.17) is 4.74 Å². The van der Waals surface area contributed by atoms with Crippen LogP contribution >= 0.6 is 0 Å². The maximum atomic E-state index is 10.0. The summed E-state index contributed by atoms with van der Waals surface area (Å²) in [5.41, 5.74) is 0.291. The van der Waals surface area contributed by atoms with E-state index < -0.39 is 0 Å². The van der Waals surface area contributed by atoms with Gasteiger partial charge in [-0.2, -0.15) is 0 Å². The summed E-state index contributed by atoms with van der Waals surface area (Å²) in [6.45, 7) is 9.01. The highest BCUT2D eigenvalue weighted by atomic mass is 16.5. The van der Waals surface area contributed by atoms with Gasteiger partial charge >= 0.3 is 0 Å². The van der Waals surface area contributed by atoms with E-state index in [0.717, 1.165) is 6.42 Å². The van der Waals surface area contributed by atoms with Crippen molar-refractivity contribution in [3.63, 3.8) is 0 Å². The highest BCUT2D eigenvalue weighted by Crippen LogP contribution is 2.44. The zero-order valence-electron chi connectivity index (χ0n) is 9.92. The summed E-state index contributed by atoms with van der Waals surface area (Å²) in [7, 11) is 0. The van der Waals surface area contributed by atoms with Crippen LogP contribution in [-0.4, -0.2) is 23.9 Å². The van der Waals surface area contributed by atoms with Gasteiger partial charge in [-0.3, -0.25) is 0 Å². The van der Waals surface area contributed by atoms with Crippen molar-refractivity contribution in [2.75, 3.05) is 6.61 Å². The molecule has 1 fully saturated rings. The minimum Gasteiger partial charge on any atom is -0.390 e. The van der Waals surface area contributed by atoms with Crippen LogP contribution in [0.25, 0.3) is 0 Å². The molecule has 2 atom stereocenters. The van der Waals surface area contributed by atoms with Gasteiger partial charge in [-0.25, -0.2) is 0 Å². The number of aliphatic hydroxyl groups is 1. The van der Waals surface area contributed by atoms with Crippen LogP contribution in [0.1, 0.15) is 47.0 Å². The van der Waals surface area contributed by atoms with Crippen molar-refractivity contribution in [1.29, 1.82) is 0 Å². The van der Waals surface area contributed by atoms with E-state index in [0.29, 0.717) is 17.9 Å². The van der Waals surface area contributed by atoms with Gasteiger partial charge in [-0.15, -0.1) is 0 Å². The Morgan fingerprint density at radius 2 is 2.07 bits per heavy atom. The lowest BCUT2D eigenvalue weighted by molar-refractivity contribution is -0.0391. The number of hydrogen-bond acceptors (Lipinski definition) is 2. The van der Waals surface area contributed by atoms with Crippen LogP contribution in [0.3, 0.4) is 0 Å². The third-order valence-electron chi connectivity index (χ3n) is 3.40. The molecule has 1 N–H and O–H groups in total. The van der Waals surface area contributed by atoms with E-state index in [1.807, 2.05) is 13.8 Å². The zero-order chi connectivity index (χ0) is 10.8. The van der Waals surface area contributed by atoms with Crippen LogP contribution in [-0.2, 0) is 4.74 Å². The summed E-state index contributed by atoms with van der Waals surface area (Å²) < 4.78 is 5.46. The van der Waals surface area contributed by atoms with E-state index in [1.165, 1.54) is 12.8 Å². The fourth-order valence-corrected chi connectivity index (χ4v) is 2.47. The van der Waals surface area contributed by atoms with E-state index in [1.54, 1.807) is 0 Å². The lowest BCUT2D eigenvalue weighted by Gasteiger charge is -2.31. The zero-order valence-corrected chi connectivity index (χ0v) is 9.92. The Labute approximate surface area is 87.7 Å². The number of ether oxygens (including phenoxy) is 1. The minimum absolute atomic E-state index is 0.217. The number of aliphatic hydroxyl groups excluding tert-OH is 1. The molecule has 14 heavy (non-hydrogen) atoms. The second-order valence-corrected chi connectivity index (χ2v) is 5.44. The molecular weight excluding hydrogens is 176 g/mol. The average Bonchev–Trinajstić information content (AvgIpc) is 2.41. The Bertz CT molecular complexity index is 175. The van der Waals surface area contributed by atoms with Gasteiger partial charge < -0.3 is 9.84 Å². The summed E-state index contributed by atoms with van der Waals surface area (Å²) in [5, 5.41) is 10.0. The summed E-state index contributed by atoms with van der Waals surface area (Å²) >= 11 is 0. The first kappa shape index (κ1) is 12.0. The monoisotopic (exact) mass is 200 g/mol. The topological polar surface area (TPSA) is 29.5 Å². The smallest absolute Gasteiger partial charge is 0.0806 e. The van der Waals surface area contributed by atoms with E-state index in [-0.39, 0.29) is 12.2 Å². The maximum absolute atomic E-state index is 10.0.